The molecule has 3 aromatic rings. The van der Waals surface area contributed by atoms with Gasteiger partial charge in [-0.1, -0.05) is 23.7 Å². The Labute approximate surface area is 178 Å². The van der Waals surface area contributed by atoms with Gasteiger partial charge in [0.05, 0.1) is 19.3 Å². The Morgan fingerprint density at radius 2 is 2.07 bits per heavy atom. The van der Waals surface area contributed by atoms with E-state index in [1.807, 2.05) is 6.92 Å². The molecule has 0 bridgehead atoms. The summed E-state index contributed by atoms with van der Waals surface area (Å²) >= 11 is 6.02. The van der Waals surface area contributed by atoms with E-state index in [1.54, 1.807) is 31.2 Å². The third-order valence-corrected chi connectivity index (χ3v) is 4.83. The molecule has 0 spiro atoms. The van der Waals surface area contributed by atoms with Gasteiger partial charge in [0, 0.05) is 22.8 Å². The highest BCUT2D eigenvalue weighted by Crippen LogP contribution is 2.27. The van der Waals surface area contributed by atoms with Crippen LogP contribution in [0, 0.1) is 13.8 Å². The monoisotopic (exact) mass is 430 g/mol. The summed E-state index contributed by atoms with van der Waals surface area (Å²) in [4.78, 5) is 28.6. The van der Waals surface area contributed by atoms with Gasteiger partial charge in [0.25, 0.3) is 5.91 Å². The van der Waals surface area contributed by atoms with Crippen molar-refractivity contribution >= 4 is 23.5 Å². The van der Waals surface area contributed by atoms with E-state index in [0.29, 0.717) is 45.7 Å². The number of aliphatic hydroxyl groups is 2. The molecule has 1 aromatic carbocycles. The number of hydrogen-bond donors (Lipinski definition) is 5. The minimum absolute atomic E-state index is 0.0494. The van der Waals surface area contributed by atoms with Crippen LogP contribution in [-0.4, -0.2) is 55.8 Å². The number of halogens is 1. The molecule has 0 saturated heterocycles. The Bertz CT molecular complexity index is 1040. The first-order chi connectivity index (χ1) is 14.4. The van der Waals surface area contributed by atoms with E-state index < -0.39 is 6.04 Å². The minimum Gasteiger partial charge on any atom is -0.395 e. The van der Waals surface area contributed by atoms with Gasteiger partial charge in [0.15, 0.2) is 5.82 Å². The van der Waals surface area contributed by atoms with Gasteiger partial charge in [0.2, 0.25) is 5.95 Å². The van der Waals surface area contributed by atoms with Crippen LogP contribution in [0.2, 0.25) is 5.02 Å². The number of rotatable bonds is 8. The van der Waals surface area contributed by atoms with E-state index in [4.69, 9.17) is 16.7 Å². The van der Waals surface area contributed by atoms with E-state index in [0.717, 1.165) is 5.69 Å². The SMILES string of the molecule is Cc1[nH]c(C(=O)N[C@H](CO)c2cccc(Cl)c2)c(C)c1-c1ncnc(NCCO)n1. The van der Waals surface area contributed by atoms with Crippen molar-refractivity contribution < 1.29 is 15.0 Å². The fraction of sp³-hybridized carbons (Fsp3) is 0.300. The fourth-order valence-corrected chi connectivity index (χ4v) is 3.37. The first-order valence-electron chi connectivity index (χ1n) is 9.35. The van der Waals surface area contributed by atoms with Crippen LogP contribution < -0.4 is 10.6 Å². The van der Waals surface area contributed by atoms with Crippen molar-refractivity contribution in [1.82, 2.24) is 25.3 Å². The maximum absolute atomic E-state index is 12.9. The Morgan fingerprint density at radius 3 is 2.77 bits per heavy atom. The molecule has 2 heterocycles. The van der Waals surface area contributed by atoms with Crippen molar-refractivity contribution in [2.45, 2.75) is 19.9 Å². The maximum atomic E-state index is 12.9. The average Bonchev–Trinajstić information content (AvgIpc) is 3.04. The van der Waals surface area contributed by atoms with Gasteiger partial charge in [-0.3, -0.25) is 4.79 Å². The van der Waals surface area contributed by atoms with Crippen LogP contribution in [0.4, 0.5) is 5.95 Å². The van der Waals surface area contributed by atoms with Gasteiger partial charge in [-0.05, 0) is 37.1 Å². The van der Waals surface area contributed by atoms with Crippen molar-refractivity contribution in [3.8, 4) is 11.4 Å². The van der Waals surface area contributed by atoms with Crippen LogP contribution >= 0.6 is 11.6 Å². The third kappa shape index (κ3) is 4.76. The zero-order chi connectivity index (χ0) is 21.7. The number of hydrogen-bond acceptors (Lipinski definition) is 7. The van der Waals surface area contributed by atoms with Crippen LogP contribution in [-0.2, 0) is 0 Å². The fourth-order valence-electron chi connectivity index (χ4n) is 3.17. The highest BCUT2D eigenvalue weighted by atomic mass is 35.5. The van der Waals surface area contributed by atoms with Gasteiger partial charge >= 0.3 is 0 Å². The summed E-state index contributed by atoms with van der Waals surface area (Å²) in [7, 11) is 0. The van der Waals surface area contributed by atoms with Crippen LogP contribution in [0.1, 0.15) is 33.4 Å². The number of anilines is 1. The van der Waals surface area contributed by atoms with Gasteiger partial charge in [-0.2, -0.15) is 4.98 Å². The van der Waals surface area contributed by atoms with Crippen LogP contribution in [0.5, 0.6) is 0 Å². The van der Waals surface area contributed by atoms with Crippen LogP contribution in [0.3, 0.4) is 0 Å². The van der Waals surface area contributed by atoms with E-state index in [-0.39, 0.29) is 19.1 Å². The molecule has 9 nitrogen and oxygen atoms in total. The largest absolute Gasteiger partial charge is 0.395 e. The molecular weight excluding hydrogens is 408 g/mol. The zero-order valence-corrected chi connectivity index (χ0v) is 17.4. The molecule has 0 aliphatic carbocycles. The summed E-state index contributed by atoms with van der Waals surface area (Å²) in [6.45, 7) is 3.61. The number of aromatic amines is 1. The lowest BCUT2D eigenvalue weighted by Crippen LogP contribution is -2.31. The van der Waals surface area contributed by atoms with Crippen molar-refractivity contribution in [3.63, 3.8) is 0 Å². The molecule has 1 atom stereocenters. The lowest BCUT2D eigenvalue weighted by molar-refractivity contribution is 0.0911. The van der Waals surface area contributed by atoms with E-state index in [9.17, 15) is 9.90 Å². The van der Waals surface area contributed by atoms with Gasteiger partial charge < -0.3 is 25.8 Å². The minimum atomic E-state index is -0.603. The first-order valence-corrected chi connectivity index (χ1v) is 9.72. The molecule has 1 amide bonds. The summed E-state index contributed by atoms with van der Waals surface area (Å²) in [5.41, 5.74) is 3.15. The molecule has 0 saturated carbocycles. The number of carbonyl (C=O) groups is 1. The maximum Gasteiger partial charge on any atom is 0.268 e. The molecule has 2 aromatic heterocycles. The standard InChI is InChI=1S/C20H23ClN6O3/c1-11-16(18-23-10-24-20(27-18)22-6-7-28)12(2)25-17(11)19(30)26-15(9-29)13-4-3-5-14(21)8-13/h3-5,8,10,15,25,28-29H,6-7,9H2,1-2H3,(H,26,30)(H,22,23,24,27)/t15-/m1/s1. The number of nitrogens with zero attached hydrogens (tertiary/aromatic N) is 3. The smallest absolute Gasteiger partial charge is 0.268 e. The number of aromatic nitrogens is 4. The van der Waals surface area contributed by atoms with E-state index in [1.165, 1.54) is 6.33 Å². The Hall–Kier alpha value is -3.01. The predicted octanol–water partition coefficient (Wildman–Crippen LogP) is 2.00. The summed E-state index contributed by atoms with van der Waals surface area (Å²) in [5.74, 6) is 0.374. The molecule has 0 aliphatic rings. The molecule has 158 valence electrons. The molecule has 3 rings (SSSR count). The molecule has 5 N–H and O–H groups in total. The van der Waals surface area contributed by atoms with Crippen molar-refractivity contribution in [2.75, 3.05) is 25.1 Å². The quantitative estimate of drug-likeness (QED) is 0.368. The number of aryl methyl sites for hydroxylation is 1. The molecule has 0 fully saturated rings. The summed E-state index contributed by atoms with van der Waals surface area (Å²) < 4.78 is 0. The Morgan fingerprint density at radius 1 is 1.27 bits per heavy atom. The number of benzene rings is 1. The molecular formula is C20H23ClN6O3. The molecule has 0 radical (unpaired) electrons. The number of aliphatic hydroxyl groups excluding tert-OH is 2. The van der Waals surface area contributed by atoms with Crippen molar-refractivity contribution in [2.24, 2.45) is 0 Å². The summed E-state index contributed by atoms with van der Waals surface area (Å²) in [6.07, 6.45) is 1.37. The van der Waals surface area contributed by atoms with Crippen molar-refractivity contribution in [1.29, 1.82) is 0 Å². The first kappa shape index (κ1) is 21.7. The second-order valence-electron chi connectivity index (χ2n) is 6.67. The highest BCUT2D eigenvalue weighted by Gasteiger charge is 2.23. The third-order valence-electron chi connectivity index (χ3n) is 4.59. The Balaban J connectivity index is 1.87. The lowest BCUT2D eigenvalue weighted by Gasteiger charge is -2.17. The second kappa shape index (κ2) is 9.66. The predicted molar refractivity (Wildman–Crippen MR) is 113 cm³/mol. The summed E-state index contributed by atoms with van der Waals surface area (Å²) in [6, 6.07) is 6.38. The average molecular weight is 431 g/mol. The molecule has 0 unspecified atom stereocenters. The number of nitrogens with one attached hydrogen (secondary N) is 3. The number of carbonyl (C=O) groups excluding carboxylic acids is 1. The van der Waals surface area contributed by atoms with Gasteiger partial charge in [-0.15, -0.1) is 0 Å². The zero-order valence-electron chi connectivity index (χ0n) is 16.6. The van der Waals surface area contributed by atoms with Crippen molar-refractivity contribution in [3.05, 3.63) is 58.1 Å². The highest BCUT2D eigenvalue weighted by molar-refractivity contribution is 6.30. The number of amides is 1. The normalized spacial score (nSPS) is 11.9. The van der Waals surface area contributed by atoms with E-state index >= 15 is 0 Å². The number of H-pyrrole nitrogens is 1. The molecule has 0 aliphatic heterocycles. The Kier molecular flexibility index (Phi) is 6.99. The van der Waals surface area contributed by atoms with Gasteiger partial charge in [0.1, 0.15) is 12.0 Å². The summed E-state index contributed by atoms with van der Waals surface area (Å²) in [5, 5.41) is 24.9. The lowest BCUT2D eigenvalue weighted by atomic mass is 10.1. The van der Waals surface area contributed by atoms with Crippen LogP contribution in [0.15, 0.2) is 30.6 Å². The topological polar surface area (TPSA) is 136 Å². The van der Waals surface area contributed by atoms with Crippen LogP contribution in [0.25, 0.3) is 11.4 Å². The van der Waals surface area contributed by atoms with Gasteiger partial charge in [-0.25, -0.2) is 9.97 Å². The second-order valence-corrected chi connectivity index (χ2v) is 7.11. The molecule has 30 heavy (non-hydrogen) atoms. The van der Waals surface area contributed by atoms with E-state index in [2.05, 4.69) is 30.6 Å². The molecule has 10 heteroatoms.